The Morgan fingerprint density at radius 3 is 2.65 bits per heavy atom. The molecule has 0 aliphatic rings. The second-order valence-electron chi connectivity index (χ2n) is 5.96. The average Bonchev–Trinajstić information content (AvgIpc) is 2.97. The summed E-state index contributed by atoms with van der Waals surface area (Å²) in [7, 11) is 1.77. The van der Waals surface area contributed by atoms with Crippen LogP contribution in [0, 0.1) is 0 Å². The van der Waals surface area contributed by atoms with E-state index in [9.17, 15) is 18.0 Å². The fraction of sp³-hybridized carbons (Fsp3) is 0.235. The number of alkyl halides is 3. The van der Waals surface area contributed by atoms with Crippen LogP contribution in [-0.4, -0.2) is 37.6 Å². The number of fused-ring (bicyclic) bond motifs is 1. The van der Waals surface area contributed by atoms with E-state index in [1.165, 1.54) is 23.0 Å². The molecule has 0 atom stereocenters. The number of hydrogen-bond donors (Lipinski definition) is 1. The van der Waals surface area contributed by atoms with Crippen LogP contribution in [0.4, 0.5) is 13.2 Å². The second kappa shape index (κ2) is 6.75. The lowest BCUT2D eigenvalue weighted by molar-refractivity contribution is -0.137. The Morgan fingerprint density at radius 2 is 1.96 bits per heavy atom. The van der Waals surface area contributed by atoms with Crippen LogP contribution >= 0.6 is 0 Å². The summed E-state index contributed by atoms with van der Waals surface area (Å²) in [6.07, 6.45) is 0.0375. The molecule has 3 rings (SSSR count). The summed E-state index contributed by atoms with van der Waals surface area (Å²) in [6, 6.07) is 5.19. The molecule has 0 amide bonds. The molecule has 2 aromatic heterocycles. The first-order valence-corrected chi connectivity index (χ1v) is 7.64. The Hall–Kier alpha value is -2.94. The number of benzene rings is 1. The Balaban J connectivity index is 1.73. The van der Waals surface area contributed by atoms with Crippen molar-refractivity contribution in [1.82, 2.24) is 19.5 Å². The topological polar surface area (TPSA) is 70.7 Å². The molecule has 0 bridgehead atoms. The molecule has 0 unspecified atom stereocenters. The maximum Gasteiger partial charge on any atom is 0.416 e. The van der Waals surface area contributed by atoms with Gasteiger partial charge < -0.3 is 5.11 Å². The van der Waals surface area contributed by atoms with E-state index in [0.29, 0.717) is 18.7 Å². The fourth-order valence-corrected chi connectivity index (χ4v) is 2.67. The standard InChI is InChI=1S/C17H15F3N4O2/c1-23(8-11-3-2-4-13(5-11)17(18,19)20)9-12-6-21-15-14(16(25)26)7-22-24(15)10-12/h2-7,10H,8-9H2,1H3,(H,25,26). The first-order valence-electron chi connectivity index (χ1n) is 7.64. The van der Waals surface area contributed by atoms with Crippen molar-refractivity contribution >= 4 is 11.6 Å². The second-order valence-corrected chi connectivity index (χ2v) is 5.96. The van der Waals surface area contributed by atoms with Crippen molar-refractivity contribution in [2.75, 3.05) is 7.05 Å². The molecule has 0 radical (unpaired) electrons. The number of carboxylic acids is 1. The summed E-state index contributed by atoms with van der Waals surface area (Å²) < 4.78 is 39.7. The van der Waals surface area contributed by atoms with Crippen molar-refractivity contribution in [2.24, 2.45) is 0 Å². The highest BCUT2D eigenvalue weighted by atomic mass is 19.4. The zero-order valence-electron chi connectivity index (χ0n) is 13.7. The Morgan fingerprint density at radius 1 is 1.23 bits per heavy atom. The molecular weight excluding hydrogens is 349 g/mol. The maximum atomic E-state index is 12.8. The third-order valence-electron chi connectivity index (χ3n) is 3.80. The molecule has 2 heterocycles. The van der Waals surface area contributed by atoms with Crippen molar-refractivity contribution in [3.63, 3.8) is 0 Å². The van der Waals surface area contributed by atoms with Gasteiger partial charge in [-0.1, -0.05) is 18.2 Å². The van der Waals surface area contributed by atoms with E-state index < -0.39 is 17.7 Å². The van der Waals surface area contributed by atoms with Crippen molar-refractivity contribution in [3.8, 4) is 0 Å². The lowest BCUT2D eigenvalue weighted by atomic mass is 10.1. The van der Waals surface area contributed by atoms with Gasteiger partial charge in [0.25, 0.3) is 0 Å². The van der Waals surface area contributed by atoms with Crippen molar-refractivity contribution in [1.29, 1.82) is 0 Å². The summed E-state index contributed by atoms with van der Waals surface area (Å²) in [6.45, 7) is 0.739. The van der Waals surface area contributed by atoms with Crippen LogP contribution in [0.5, 0.6) is 0 Å². The molecule has 0 spiro atoms. The largest absolute Gasteiger partial charge is 0.477 e. The summed E-state index contributed by atoms with van der Waals surface area (Å²) >= 11 is 0. The Bertz CT molecular complexity index is 953. The van der Waals surface area contributed by atoms with Gasteiger partial charge in [0.15, 0.2) is 5.65 Å². The van der Waals surface area contributed by atoms with Crippen LogP contribution in [0.25, 0.3) is 5.65 Å². The summed E-state index contributed by atoms with van der Waals surface area (Å²) in [5, 5.41) is 13.0. The van der Waals surface area contributed by atoms with Gasteiger partial charge in [-0.15, -0.1) is 0 Å². The Kier molecular flexibility index (Phi) is 4.64. The van der Waals surface area contributed by atoms with E-state index in [2.05, 4.69) is 10.1 Å². The fourth-order valence-electron chi connectivity index (χ4n) is 2.67. The molecule has 0 saturated heterocycles. The van der Waals surface area contributed by atoms with E-state index in [1.54, 1.807) is 19.3 Å². The molecule has 1 aromatic carbocycles. The molecule has 6 nitrogen and oxygen atoms in total. The van der Waals surface area contributed by atoms with E-state index in [0.717, 1.165) is 17.7 Å². The van der Waals surface area contributed by atoms with Gasteiger partial charge in [-0.25, -0.2) is 14.3 Å². The number of carbonyl (C=O) groups is 1. The maximum absolute atomic E-state index is 12.8. The molecule has 26 heavy (non-hydrogen) atoms. The van der Waals surface area contributed by atoms with Gasteiger partial charge in [0.1, 0.15) is 5.56 Å². The zero-order valence-corrected chi connectivity index (χ0v) is 13.7. The molecule has 1 N–H and O–H groups in total. The van der Waals surface area contributed by atoms with Gasteiger partial charge in [-0.05, 0) is 18.7 Å². The number of aromatic carboxylic acids is 1. The van der Waals surface area contributed by atoms with Crippen LogP contribution in [0.3, 0.4) is 0 Å². The van der Waals surface area contributed by atoms with Gasteiger partial charge in [0.05, 0.1) is 11.8 Å². The zero-order chi connectivity index (χ0) is 18.9. The molecule has 136 valence electrons. The van der Waals surface area contributed by atoms with Gasteiger partial charge >= 0.3 is 12.1 Å². The third-order valence-corrected chi connectivity index (χ3v) is 3.80. The minimum atomic E-state index is -4.37. The molecule has 0 fully saturated rings. The quantitative estimate of drug-likeness (QED) is 0.753. The summed E-state index contributed by atoms with van der Waals surface area (Å²) in [5.74, 6) is -1.11. The number of nitrogens with zero attached hydrogens (tertiary/aromatic N) is 4. The van der Waals surface area contributed by atoms with Crippen molar-refractivity contribution < 1.29 is 23.1 Å². The number of aromatic nitrogens is 3. The summed E-state index contributed by atoms with van der Waals surface area (Å²) in [5.41, 5.74) is 0.871. The van der Waals surface area contributed by atoms with E-state index in [1.807, 2.05) is 4.90 Å². The van der Waals surface area contributed by atoms with Crippen LogP contribution in [-0.2, 0) is 19.3 Å². The van der Waals surface area contributed by atoms with Crippen LogP contribution < -0.4 is 0 Å². The lowest BCUT2D eigenvalue weighted by Crippen LogP contribution is -2.18. The van der Waals surface area contributed by atoms with Crippen molar-refractivity contribution in [3.05, 3.63) is 65.1 Å². The minimum Gasteiger partial charge on any atom is -0.477 e. The third kappa shape index (κ3) is 3.83. The van der Waals surface area contributed by atoms with Gasteiger partial charge in [0, 0.05) is 31.0 Å². The highest BCUT2D eigenvalue weighted by molar-refractivity contribution is 5.93. The van der Waals surface area contributed by atoms with Crippen LogP contribution in [0.2, 0.25) is 0 Å². The van der Waals surface area contributed by atoms with Crippen LogP contribution in [0.1, 0.15) is 27.0 Å². The summed E-state index contributed by atoms with van der Waals surface area (Å²) in [4.78, 5) is 17.0. The highest BCUT2D eigenvalue weighted by Crippen LogP contribution is 2.29. The smallest absolute Gasteiger partial charge is 0.416 e. The van der Waals surface area contributed by atoms with Gasteiger partial charge in [-0.3, -0.25) is 4.90 Å². The van der Waals surface area contributed by atoms with Crippen molar-refractivity contribution in [2.45, 2.75) is 19.3 Å². The normalized spacial score (nSPS) is 12.0. The molecule has 0 saturated carbocycles. The molecular formula is C17H15F3N4O2. The van der Waals surface area contributed by atoms with E-state index in [-0.39, 0.29) is 11.2 Å². The SMILES string of the molecule is CN(Cc1cccc(C(F)(F)F)c1)Cc1cnc2c(C(=O)O)cnn2c1. The molecule has 3 aromatic rings. The monoisotopic (exact) mass is 364 g/mol. The average molecular weight is 364 g/mol. The first-order chi connectivity index (χ1) is 12.2. The van der Waals surface area contributed by atoms with Gasteiger partial charge in [-0.2, -0.15) is 18.3 Å². The lowest BCUT2D eigenvalue weighted by Gasteiger charge is -2.17. The molecule has 0 aliphatic carbocycles. The minimum absolute atomic E-state index is 0.00821. The van der Waals surface area contributed by atoms with E-state index >= 15 is 0 Å². The number of hydrogen-bond acceptors (Lipinski definition) is 4. The van der Waals surface area contributed by atoms with Crippen LogP contribution in [0.15, 0.2) is 42.9 Å². The predicted molar refractivity (Wildman–Crippen MR) is 86.6 cm³/mol. The number of carboxylic acid groups (broad SMARTS) is 1. The highest BCUT2D eigenvalue weighted by Gasteiger charge is 2.30. The number of halogens is 3. The predicted octanol–water partition coefficient (Wildman–Crippen LogP) is 3.08. The Labute approximate surface area is 146 Å². The molecule has 0 aliphatic heterocycles. The first kappa shape index (κ1) is 17.9. The van der Waals surface area contributed by atoms with E-state index in [4.69, 9.17) is 5.11 Å². The number of rotatable bonds is 5. The molecule has 9 heteroatoms. The van der Waals surface area contributed by atoms with Gasteiger partial charge in [0.2, 0.25) is 0 Å².